The van der Waals surface area contributed by atoms with Gasteiger partial charge in [0.1, 0.15) is 0 Å². The molecule has 0 spiro atoms. The summed E-state index contributed by atoms with van der Waals surface area (Å²) in [5, 5.41) is 9.89. The molecule has 0 aliphatic carbocycles. The largest absolute Gasteiger partial charge is 0.394 e. The number of aliphatic hydroxyl groups is 1. The summed E-state index contributed by atoms with van der Waals surface area (Å²) in [6.07, 6.45) is 6.01. The molecule has 1 atom stereocenters. The summed E-state index contributed by atoms with van der Waals surface area (Å²) in [5.74, 6) is 0.109. The minimum absolute atomic E-state index is 0.000571. The first-order valence-electron chi connectivity index (χ1n) is 6.52. The van der Waals surface area contributed by atoms with Crippen molar-refractivity contribution in [3.05, 3.63) is 47.0 Å². The molecule has 1 aromatic rings. The fraction of sp³-hybridized carbons (Fsp3) is 0.400. The van der Waals surface area contributed by atoms with Crippen LogP contribution < -0.4 is 0 Å². The van der Waals surface area contributed by atoms with Gasteiger partial charge in [0.05, 0.1) is 12.6 Å². The van der Waals surface area contributed by atoms with Crippen molar-refractivity contribution in [1.29, 1.82) is 0 Å². The average molecular weight is 280 g/mol. The van der Waals surface area contributed by atoms with E-state index in [2.05, 4.69) is 0 Å². The fourth-order valence-corrected chi connectivity index (χ4v) is 2.38. The highest BCUT2D eigenvalue weighted by molar-refractivity contribution is 6.30. The van der Waals surface area contributed by atoms with Crippen molar-refractivity contribution in [2.24, 2.45) is 0 Å². The van der Waals surface area contributed by atoms with Gasteiger partial charge in [-0.05, 0) is 30.5 Å². The van der Waals surface area contributed by atoms with E-state index >= 15 is 0 Å². The number of halogens is 1. The van der Waals surface area contributed by atoms with Gasteiger partial charge in [-0.1, -0.05) is 35.9 Å². The van der Waals surface area contributed by atoms with Crippen LogP contribution in [-0.4, -0.2) is 35.1 Å². The SMILES string of the molecule is O=C(CCCc1ccc(Cl)cc1)N1CC=CC1CO. The molecule has 19 heavy (non-hydrogen) atoms. The zero-order valence-electron chi connectivity index (χ0n) is 10.8. The highest BCUT2D eigenvalue weighted by atomic mass is 35.5. The molecule has 0 radical (unpaired) electrons. The van der Waals surface area contributed by atoms with E-state index in [9.17, 15) is 4.79 Å². The first kappa shape index (κ1) is 14.1. The molecule has 102 valence electrons. The van der Waals surface area contributed by atoms with Crippen LogP contribution in [0, 0.1) is 0 Å². The maximum Gasteiger partial charge on any atom is 0.223 e. The summed E-state index contributed by atoms with van der Waals surface area (Å²) in [6.45, 7) is 0.616. The standard InChI is InChI=1S/C15H18ClNO2/c16-13-8-6-12(7-9-13)3-1-5-15(19)17-10-2-4-14(17)11-18/h2,4,6-9,14,18H,1,3,5,10-11H2. The number of hydrogen-bond acceptors (Lipinski definition) is 2. The van der Waals surface area contributed by atoms with Crippen molar-refractivity contribution in [1.82, 2.24) is 4.90 Å². The lowest BCUT2D eigenvalue weighted by molar-refractivity contribution is -0.132. The summed E-state index contributed by atoms with van der Waals surface area (Å²) < 4.78 is 0. The molecular formula is C15H18ClNO2. The monoisotopic (exact) mass is 279 g/mol. The number of aryl methyl sites for hydroxylation is 1. The molecule has 0 bridgehead atoms. The van der Waals surface area contributed by atoms with Gasteiger partial charge in [-0.15, -0.1) is 0 Å². The van der Waals surface area contributed by atoms with Crippen LogP contribution in [0.1, 0.15) is 18.4 Å². The first-order chi connectivity index (χ1) is 9.20. The molecule has 1 N–H and O–H groups in total. The number of benzene rings is 1. The first-order valence-corrected chi connectivity index (χ1v) is 6.90. The molecule has 1 aromatic carbocycles. The molecule has 1 amide bonds. The highest BCUT2D eigenvalue weighted by Gasteiger charge is 2.23. The Hall–Kier alpha value is -1.32. The lowest BCUT2D eigenvalue weighted by Gasteiger charge is -2.22. The number of hydrogen-bond donors (Lipinski definition) is 1. The summed E-state index contributed by atoms with van der Waals surface area (Å²) in [4.78, 5) is 13.7. The van der Waals surface area contributed by atoms with Crippen molar-refractivity contribution in [3.8, 4) is 0 Å². The quantitative estimate of drug-likeness (QED) is 0.841. The Labute approximate surface area is 118 Å². The number of nitrogens with zero attached hydrogens (tertiary/aromatic N) is 1. The zero-order valence-corrected chi connectivity index (χ0v) is 11.5. The molecule has 2 rings (SSSR count). The molecule has 0 fully saturated rings. The lowest BCUT2D eigenvalue weighted by atomic mass is 10.1. The number of carbonyl (C=O) groups excluding carboxylic acids is 1. The van der Waals surface area contributed by atoms with Gasteiger partial charge in [-0.2, -0.15) is 0 Å². The maximum atomic E-state index is 12.0. The summed E-state index contributed by atoms with van der Waals surface area (Å²) >= 11 is 5.82. The van der Waals surface area contributed by atoms with E-state index in [1.54, 1.807) is 4.90 Å². The second-order valence-electron chi connectivity index (χ2n) is 4.70. The van der Waals surface area contributed by atoms with Crippen molar-refractivity contribution in [2.45, 2.75) is 25.3 Å². The summed E-state index contributed by atoms with van der Waals surface area (Å²) in [6, 6.07) is 7.57. The number of carbonyl (C=O) groups is 1. The predicted octanol–water partition coefficient (Wildman–Crippen LogP) is 2.42. The van der Waals surface area contributed by atoms with Gasteiger partial charge in [0.2, 0.25) is 5.91 Å². The molecule has 1 heterocycles. The minimum atomic E-state index is -0.136. The number of aliphatic hydroxyl groups excluding tert-OH is 1. The van der Waals surface area contributed by atoms with Crippen molar-refractivity contribution >= 4 is 17.5 Å². The van der Waals surface area contributed by atoms with E-state index in [4.69, 9.17) is 16.7 Å². The maximum absolute atomic E-state index is 12.0. The Morgan fingerprint density at radius 2 is 2.11 bits per heavy atom. The third kappa shape index (κ3) is 3.82. The Morgan fingerprint density at radius 1 is 1.37 bits per heavy atom. The smallest absolute Gasteiger partial charge is 0.223 e. The molecule has 0 saturated carbocycles. The van der Waals surface area contributed by atoms with Gasteiger partial charge in [-0.25, -0.2) is 0 Å². The van der Waals surface area contributed by atoms with Crippen LogP contribution in [0.5, 0.6) is 0 Å². The van der Waals surface area contributed by atoms with E-state index in [0.29, 0.717) is 13.0 Å². The summed E-state index contributed by atoms with van der Waals surface area (Å²) in [7, 11) is 0. The van der Waals surface area contributed by atoms with Gasteiger partial charge in [0.25, 0.3) is 0 Å². The van der Waals surface area contributed by atoms with Crippen LogP contribution in [0.15, 0.2) is 36.4 Å². The van der Waals surface area contributed by atoms with Crippen LogP contribution in [0.4, 0.5) is 0 Å². The van der Waals surface area contributed by atoms with Crippen LogP contribution in [0.3, 0.4) is 0 Å². The fourth-order valence-electron chi connectivity index (χ4n) is 2.26. The van der Waals surface area contributed by atoms with E-state index in [1.807, 2.05) is 36.4 Å². The zero-order chi connectivity index (χ0) is 13.7. The van der Waals surface area contributed by atoms with Crippen molar-refractivity contribution in [3.63, 3.8) is 0 Å². The lowest BCUT2D eigenvalue weighted by Crippen LogP contribution is -2.38. The van der Waals surface area contributed by atoms with Gasteiger partial charge >= 0.3 is 0 Å². The third-order valence-electron chi connectivity index (χ3n) is 3.34. The van der Waals surface area contributed by atoms with Crippen molar-refractivity contribution < 1.29 is 9.90 Å². The van der Waals surface area contributed by atoms with Crippen LogP contribution >= 0.6 is 11.6 Å². The topological polar surface area (TPSA) is 40.5 Å². The van der Waals surface area contributed by atoms with Crippen LogP contribution in [0.25, 0.3) is 0 Å². The molecule has 0 aromatic heterocycles. The average Bonchev–Trinajstić information content (AvgIpc) is 2.89. The van der Waals surface area contributed by atoms with Crippen molar-refractivity contribution in [2.75, 3.05) is 13.2 Å². The van der Waals surface area contributed by atoms with Gasteiger partial charge in [0.15, 0.2) is 0 Å². The second-order valence-corrected chi connectivity index (χ2v) is 5.14. The molecule has 1 unspecified atom stereocenters. The molecule has 1 aliphatic rings. The normalized spacial score (nSPS) is 18.0. The van der Waals surface area contributed by atoms with E-state index < -0.39 is 0 Å². The van der Waals surface area contributed by atoms with E-state index in [0.717, 1.165) is 17.9 Å². The van der Waals surface area contributed by atoms with Gasteiger partial charge in [0, 0.05) is 18.0 Å². The van der Waals surface area contributed by atoms with Crippen LogP contribution in [-0.2, 0) is 11.2 Å². The van der Waals surface area contributed by atoms with Gasteiger partial charge in [-0.3, -0.25) is 4.79 Å². The molecule has 1 aliphatic heterocycles. The number of amides is 1. The molecule has 3 nitrogen and oxygen atoms in total. The highest BCUT2D eigenvalue weighted by Crippen LogP contribution is 2.14. The summed E-state index contributed by atoms with van der Waals surface area (Å²) in [5.41, 5.74) is 1.19. The van der Waals surface area contributed by atoms with Crippen LogP contribution in [0.2, 0.25) is 5.02 Å². The molecule has 0 saturated heterocycles. The Balaban J connectivity index is 1.76. The Kier molecular flexibility index (Phi) is 5.00. The second kappa shape index (κ2) is 6.73. The predicted molar refractivity (Wildman–Crippen MR) is 76.1 cm³/mol. The van der Waals surface area contributed by atoms with E-state index in [1.165, 1.54) is 5.56 Å². The Bertz CT molecular complexity index is 456. The minimum Gasteiger partial charge on any atom is -0.394 e. The molecular weight excluding hydrogens is 262 g/mol. The van der Waals surface area contributed by atoms with E-state index in [-0.39, 0.29) is 18.6 Å². The third-order valence-corrected chi connectivity index (χ3v) is 3.59. The Morgan fingerprint density at radius 3 is 2.79 bits per heavy atom. The number of rotatable bonds is 5. The van der Waals surface area contributed by atoms with Gasteiger partial charge < -0.3 is 10.0 Å². The molecule has 4 heteroatoms.